The van der Waals surface area contributed by atoms with Crippen LogP contribution in [0.5, 0.6) is 0 Å². The molecule has 5 heteroatoms. The van der Waals surface area contributed by atoms with Crippen LogP contribution in [-0.4, -0.2) is 29.1 Å². The molecule has 5 nitrogen and oxygen atoms in total. The Morgan fingerprint density at radius 1 is 1.22 bits per heavy atom. The van der Waals surface area contributed by atoms with Gasteiger partial charge in [-0.2, -0.15) is 5.26 Å². The van der Waals surface area contributed by atoms with Crippen LogP contribution in [0.3, 0.4) is 0 Å². The first-order valence-corrected chi connectivity index (χ1v) is 12.9. The highest BCUT2D eigenvalue weighted by Crippen LogP contribution is 2.68. The third kappa shape index (κ3) is 3.28. The second kappa shape index (κ2) is 8.28. The van der Waals surface area contributed by atoms with Gasteiger partial charge >= 0.3 is 0 Å². The van der Waals surface area contributed by atoms with Crippen LogP contribution >= 0.6 is 0 Å². The van der Waals surface area contributed by atoms with E-state index in [0.717, 1.165) is 43.1 Å². The van der Waals surface area contributed by atoms with Crippen molar-refractivity contribution < 1.29 is 9.53 Å². The molecule has 0 saturated heterocycles. The SMILES string of the molecule is COCC12CCC(C)CC1CCC1C3CCC(C(=O)Cn4ccnc4C#N)C3(C)CCC12. The molecule has 1 aromatic rings. The van der Waals surface area contributed by atoms with Crippen molar-refractivity contribution in [2.45, 2.75) is 78.2 Å². The number of nitriles is 1. The Kier molecular flexibility index (Phi) is 5.73. The fourth-order valence-electron chi connectivity index (χ4n) is 9.17. The summed E-state index contributed by atoms with van der Waals surface area (Å²) >= 11 is 0. The Morgan fingerprint density at radius 3 is 2.84 bits per heavy atom. The van der Waals surface area contributed by atoms with E-state index in [0.29, 0.717) is 22.9 Å². The first kappa shape index (κ1) is 22.1. The number of methoxy groups -OCH3 is 1. The zero-order valence-electron chi connectivity index (χ0n) is 20.1. The van der Waals surface area contributed by atoms with Crippen LogP contribution in [0.25, 0.3) is 0 Å². The zero-order valence-corrected chi connectivity index (χ0v) is 20.1. The summed E-state index contributed by atoms with van der Waals surface area (Å²) in [6.07, 6.45) is 14.7. The average molecular weight is 438 g/mol. The molecular formula is C27H39N3O2. The summed E-state index contributed by atoms with van der Waals surface area (Å²) in [7, 11) is 1.90. The minimum atomic E-state index is 0.106. The number of imidazole rings is 1. The lowest BCUT2D eigenvalue weighted by Gasteiger charge is -2.61. The molecule has 0 radical (unpaired) electrons. The lowest BCUT2D eigenvalue weighted by Crippen LogP contribution is -2.56. The van der Waals surface area contributed by atoms with Crippen molar-refractivity contribution in [3.05, 3.63) is 18.2 Å². The van der Waals surface area contributed by atoms with Gasteiger partial charge in [-0.1, -0.05) is 20.3 Å². The van der Waals surface area contributed by atoms with Crippen LogP contribution < -0.4 is 0 Å². The molecule has 0 aliphatic heterocycles. The van der Waals surface area contributed by atoms with Crippen molar-refractivity contribution in [1.82, 2.24) is 9.55 Å². The topological polar surface area (TPSA) is 67.9 Å². The number of hydrogen-bond donors (Lipinski definition) is 0. The molecule has 0 aromatic carbocycles. The summed E-state index contributed by atoms with van der Waals surface area (Å²) in [5.41, 5.74) is 0.473. The summed E-state index contributed by atoms with van der Waals surface area (Å²) in [6, 6.07) is 2.11. The van der Waals surface area contributed by atoms with Gasteiger partial charge in [0.1, 0.15) is 6.07 Å². The standard InChI is InChI=1S/C27H39N3O2/c1-18-8-11-27(17-32-3)19(14-18)4-5-20-21-6-7-23(26(21,2)10-9-22(20)27)24(31)16-30-13-12-29-25(30)15-28/h12-13,18-23H,4-11,14,16-17H2,1-3H3. The molecule has 5 rings (SSSR count). The molecule has 0 spiro atoms. The van der Waals surface area contributed by atoms with Gasteiger partial charge in [-0.3, -0.25) is 4.79 Å². The van der Waals surface area contributed by atoms with Gasteiger partial charge < -0.3 is 9.30 Å². The highest BCUT2D eigenvalue weighted by atomic mass is 16.5. The number of hydrogen-bond acceptors (Lipinski definition) is 4. The Bertz CT molecular complexity index is 903. The van der Waals surface area contributed by atoms with E-state index in [-0.39, 0.29) is 17.9 Å². The average Bonchev–Trinajstić information content (AvgIpc) is 3.37. The van der Waals surface area contributed by atoms with Crippen LogP contribution in [0.15, 0.2) is 12.4 Å². The lowest BCUT2D eigenvalue weighted by atomic mass is 9.44. The number of carbonyl (C=O) groups excluding carboxylic acids is 1. The summed E-state index contributed by atoms with van der Waals surface area (Å²) in [4.78, 5) is 17.5. The van der Waals surface area contributed by atoms with E-state index in [4.69, 9.17) is 4.74 Å². The van der Waals surface area contributed by atoms with Gasteiger partial charge in [0.25, 0.3) is 0 Å². The third-order valence-corrected chi connectivity index (χ3v) is 10.6. The van der Waals surface area contributed by atoms with Gasteiger partial charge in [-0.25, -0.2) is 4.98 Å². The minimum absolute atomic E-state index is 0.106. The number of rotatable bonds is 5. The molecule has 174 valence electrons. The Morgan fingerprint density at radius 2 is 2.06 bits per heavy atom. The Hall–Kier alpha value is -1.67. The molecule has 1 heterocycles. The number of fused-ring (bicyclic) bond motifs is 5. The van der Waals surface area contributed by atoms with Crippen LogP contribution in [0.1, 0.15) is 77.5 Å². The van der Waals surface area contributed by atoms with Crippen molar-refractivity contribution in [2.75, 3.05) is 13.7 Å². The first-order valence-electron chi connectivity index (χ1n) is 12.9. The highest BCUT2D eigenvalue weighted by molar-refractivity contribution is 5.82. The summed E-state index contributed by atoms with van der Waals surface area (Å²) < 4.78 is 7.64. The predicted molar refractivity (Wildman–Crippen MR) is 123 cm³/mol. The third-order valence-electron chi connectivity index (χ3n) is 10.6. The van der Waals surface area contributed by atoms with E-state index >= 15 is 0 Å². The van der Waals surface area contributed by atoms with E-state index in [1.54, 1.807) is 17.0 Å². The number of aromatic nitrogens is 2. The summed E-state index contributed by atoms with van der Waals surface area (Å²) in [5.74, 6) is 4.59. The monoisotopic (exact) mass is 437 g/mol. The second-order valence-electron chi connectivity index (χ2n) is 11.8. The van der Waals surface area contributed by atoms with E-state index in [1.807, 2.05) is 7.11 Å². The zero-order chi connectivity index (χ0) is 22.5. The molecule has 32 heavy (non-hydrogen) atoms. The molecular weight excluding hydrogens is 398 g/mol. The first-order chi connectivity index (χ1) is 15.4. The van der Waals surface area contributed by atoms with Crippen LogP contribution in [0.2, 0.25) is 0 Å². The Balaban J connectivity index is 1.37. The van der Waals surface area contributed by atoms with Gasteiger partial charge in [-0.15, -0.1) is 0 Å². The van der Waals surface area contributed by atoms with Gasteiger partial charge in [0.05, 0.1) is 13.2 Å². The number of Topliss-reactive ketones (excluding diaryl/α,β-unsaturated/α-hetero) is 1. The molecule has 4 aliphatic carbocycles. The fraction of sp³-hybridized carbons (Fsp3) is 0.815. The largest absolute Gasteiger partial charge is 0.384 e. The number of nitrogens with zero attached hydrogens (tertiary/aromatic N) is 3. The maximum absolute atomic E-state index is 13.5. The Labute approximate surface area is 192 Å². The van der Waals surface area contributed by atoms with Crippen molar-refractivity contribution in [2.24, 2.45) is 46.3 Å². The molecule has 4 aliphatic rings. The summed E-state index contributed by atoms with van der Waals surface area (Å²) in [6.45, 7) is 6.07. The van der Waals surface area contributed by atoms with Crippen molar-refractivity contribution in [3.63, 3.8) is 0 Å². The van der Waals surface area contributed by atoms with Crippen molar-refractivity contribution in [1.29, 1.82) is 5.26 Å². The predicted octanol–water partition coefficient (Wildman–Crippen LogP) is 5.25. The molecule has 0 N–H and O–H groups in total. The molecule has 0 bridgehead atoms. The molecule has 8 unspecified atom stereocenters. The molecule has 4 saturated carbocycles. The van der Waals surface area contributed by atoms with E-state index in [1.165, 1.54) is 44.9 Å². The van der Waals surface area contributed by atoms with Crippen LogP contribution in [0.4, 0.5) is 0 Å². The molecule has 0 amide bonds. The second-order valence-corrected chi connectivity index (χ2v) is 11.8. The normalized spacial score (nSPS) is 43.1. The van der Waals surface area contributed by atoms with Crippen LogP contribution in [-0.2, 0) is 16.1 Å². The van der Waals surface area contributed by atoms with Gasteiger partial charge in [0, 0.05) is 25.4 Å². The number of ether oxygens (including phenoxy) is 1. The number of ketones is 1. The van der Waals surface area contributed by atoms with Gasteiger partial charge in [0.15, 0.2) is 5.78 Å². The van der Waals surface area contributed by atoms with Gasteiger partial charge in [0.2, 0.25) is 5.82 Å². The lowest BCUT2D eigenvalue weighted by molar-refractivity contribution is -0.154. The van der Waals surface area contributed by atoms with Crippen molar-refractivity contribution >= 4 is 5.78 Å². The van der Waals surface area contributed by atoms with Gasteiger partial charge in [-0.05, 0) is 91.8 Å². The van der Waals surface area contributed by atoms with E-state index < -0.39 is 0 Å². The van der Waals surface area contributed by atoms with Crippen LogP contribution in [0, 0.1) is 57.7 Å². The smallest absolute Gasteiger partial charge is 0.213 e. The van der Waals surface area contributed by atoms with E-state index in [9.17, 15) is 10.1 Å². The minimum Gasteiger partial charge on any atom is -0.384 e. The molecule has 4 fully saturated rings. The maximum Gasteiger partial charge on any atom is 0.213 e. The quantitative estimate of drug-likeness (QED) is 0.631. The van der Waals surface area contributed by atoms with Crippen molar-refractivity contribution in [3.8, 4) is 6.07 Å². The summed E-state index contributed by atoms with van der Waals surface area (Å²) in [5, 5.41) is 9.28. The molecule has 1 aromatic heterocycles. The highest BCUT2D eigenvalue weighted by Gasteiger charge is 2.62. The number of carbonyl (C=O) groups is 1. The molecule has 8 atom stereocenters. The van der Waals surface area contributed by atoms with E-state index in [2.05, 4.69) is 24.9 Å². The maximum atomic E-state index is 13.5. The fourth-order valence-corrected chi connectivity index (χ4v) is 9.17.